The van der Waals surface area contributed by atoms with E-state index in [1.54, 1.807) is 0 Å². The summed E-state index contributed by atoms with van der Waals surface area (Å²) < 4.78 is 8.14. The molecular weight excluding hydrogens is 462 g/mol. The molecule has 0 atom stereocenters. The molecule has 0 unspecified atom stereocenters. The quantitative estimate of drug-likeness (QED) is 0.345. The molecule has 186 valence electrons. The number of aryl methyl sites for hydroxylation is 1. The van der Waals surface area contributed by atoms with Crippen molar-refractivity contribution < 1.29 is 0 Å². The third kappa shape index (κ3) is 4.31. The largest absolute Gasteiger partial charge is 0.349 e. The molecule has 1 fully saturated rings. The summed E-state index contributed by atoms with van der Waals surface area (Å²) >= 11 is 0. The highest BCUT2D eigenvalue weighted by atomic mass is 15.4. The number of hydrogen-bond donors (Lipinski definition) is 1. The van der Waals surface area contributed by atoms with Crippen molar-refractivity contribution in [3.8, 4) is 16.9 Å². The van der Waals surface area contributed by atoms with Gasteiger partial charge in [0.15, 0.2) is 0 Å². The Morgan fingerprint density at radius 1 is 1.03 bits per heavy atom. The summed E-state index contributed by atoms with van der Waals surface area (Å²) in [5.41, 5.74) is 7.03. The molecular formula is C28H29N9. The van der Waals surface area contributed by atoms with Gasteiger partial charge in [0.1, 0.15) is 11.3 Å². The number of pyridine rings is 2. The Morgan fingerprint density at radius 3 is 2.84 bits per heavy atom. The highest BCUT2D eigenvalue weighted by Gasteiger charge is 2.16. The molecule has 6 aromatic rings. The van der Waals surface area contributed by atoms with Gasteiger partial charge >= 0.3 is 0 Å². The molecule has 0 aromatic carbocycles. The zero-order valence-corrected chi connectivity index (χ0v) is 20.8. The third-order valence-corrected chi connectivity index (χ3v) is 7.42. The van der Waals surface area contributed by atoms with Crippen LogP contribution in [0.1, 0.15) is 30.5 Å². The molecule has 0 spiro atoms. The second-order valence-corrected chi connectivity index (χ2v) is 10.1. The second-order valence-electron chi connectivity index (χ2n) is 10.1. The van der Waals surface area contributed by atoms with Gasteiger partial charge in [-0.2, -0.15) is 0 Å². The third-order valence-electron chi connectivity index (χ3n) is 7.42. The maximum atomic E-state index is 4.77. The Balaban J connectivity index is 1.06. The normalized spacial score (nSPS) is 14.1. The van der Waals surface area contributed by atoms with Gasteiger partial charge in [0.2, 0.25) is 0 Å². The lowest BCUT2D eigenvalue weighted by atomic mass is 9.85. The Bertz CT molecular complexity index is 1700. The summed E-state index contributed by atoms with van der Waals surface area (Å²) in [5.74, 6) is 0.864. The van der Waals surface area contributed by atoms with Crippen LogP contribution >= 0.6 is 0 Å². The molecule has 6 heterocycles. The number of imidazole rings is 1. The molecule has 6 aromatic heterocycles. The summed E-state index contributed by atoms with van der Waals surface area (Å²) in [4.78, 5) is 9.23. The smallest absolute Gasteiger partial charge is 0.137 e. The molecule has 0 radical (unpaired) electrons. The molecule has 0 amide bonds. The maximum absolute atomic E-state index is 4.77. The lowest BCUT2D eigenvalue weighted by Gasteiger charge is -2.25. The van der Waals surface area contributed by atoms with Crippen LogP contribution in [0.2, 0.25) is 0 Å². The van der Waals surface area contributed by atoms with Crippen LogP contribution in [0.5, 0.6) is 0 Å². The van der Waals surface area contributed by atoms with Crippen LogP contribution < -0.4 is 5.32 Å². The second kappa shape index (κ2) is 9.01. The monoisotopic (exact) mass is 491 g/mol. The van der Waals surface area contributed by atoms with E-state index in [0.29, 0.717) is 6.54 Å². The fourth-order valence-corrected chi connectivity index (χ4v) is 5.08. The van der Waals surface area contributed by atoms with Crippen molar-refractivity contribution in [1.82, 2.24) is 43.8 Å². The van der Waals surface area contributed by atoms with Gasteiger partial charge in [-0.25, -0.2) is 9.67 Å². The summed E-state index contributed by atoms with van der Waals surface area (Å²) in [6, 6.07) is 8.44. The van der Waals surface area contributed by atoms with Gasteiger partial charge in [-0.15, -0.1) is 5.10 Å². The predicted octanol–water partition coefficient (Wildman–Crippen LogP) is 4.21. The molecule has 9 heteroatoms. The van der Waals surface area contributed by atoms with Crippen LogP contribution in [-0.2, 0) is 20.1 Å². The first-order valence-electron chi connectivity index (χ1n) is 12.8. The van der Waals surface area contributed by atoms with Crippen LogP contribution in [0.3, 0.4) is 0 Å². The number of fused-ring (bicyclic) bond motifs is 2. The molecule has 9 nitrogen and oxygen atoms in total. The predicted molar refractivity (Wildman–Crippen MR) is 142 cm³/mol. The molecule has 1 saturated carbocycles. The zero-order valence-electron chi connectivity index (χ0n) is 20.8. The van der Waals surface area contributed by atoms with Gasteiger partial charge < -0.3 is 18.9 Å². The first kappa shape index (κ1) is 22.0. The van der Waals surface area contributed by atoms with Crippen molar-refractivity contribution in [3.05, 3.63) is 85.1 Å². The first-order valence-corrected chi connectivity index (χ1v) is 12.8. The van der Waals surface area contributed by atoms with Gasteiger partial charge in [-0.05, 0) is 49.1 Å². The summed E-state index contributed by atoms with van der Waals surface area (Å²) in [6.45, 7) is 2.56. The van der Waals surface area contributed by atoms with E-state index >= 15 is 0 Å². The minimum Gasteiger partial charge on any atom is -0.349 e. The fraction of sp³-hybridized carbons (Fsp3) is 0.286. The van der Waals surface area contributed by atoms with Crippen LogP contribution in [-0.4, -0.2) is 45.0 Å². The van der Waals surface area contributed by atoms with Gasteiger partial charge in [0.25, 0.3) is 0 Å². The molecule has 37 heavy (non-hydrogen) atoms. The van der Waals surface area contributed by atoms with E-state index in [-0.39, 0.29) is 0 Å². The summed E-state index contributed by atoms with van der Waals surface area (Å²) in [5, 5.41) is 13.6. The molecule has 1 N–H and O–H groups in total. The molecule has 0 saturated heterocycles. The average molecular weight is 492 g/mol. The van der Waals surface area contributed by atoms with Crippen LogP contribution in [0.25, 0.3) is 33.5 Å². The van der Waals surface area contributed by atoms with Gasteiger partial charge in [0, 0.05) is 61.7 Å². The van der Waals surface area contributed by atoms with E-state index in [4.69, 9.17) is 4.98 Å². The molecule has 1 aliphatic carbocycles. The van der Waals surface area contributed by atoms with Crippen LogP contribution in [0, 0.1) is 5.92 Å². The van der Waals surface area contributed by atoms with E-state index < -0.39 is 0 Å². The highest BCUT2D eigenvalue weighted by Crippen LogP contribution is 2.25. The standard InChI is InChI=1S/C28H29N9/c1-34-8-7-22-15-35(19-27(22)34)25-9-23(12-30-13-25)26-18-37(33-32-26)17-24-16-36-14-21(5-6-28(36)31-24)11-29-10-20-3-2-4-20/h5-9,12-16,18-20,29H,2-4,10-11,17H2,1H3. The fourth-order valence-electron chi connectivity index (χ4n) is 5.08. The van der Waals surface area contributed by atoms with Crippen molar-refractivity contribution in [3.63, 3.8) is 0 Å². The lowest BCUT2D eigenvalue weighted by molar-refractivity contribution is 0.301. The van der Waals surface area contributed by atoms with Crippen molar-refractivity contribution in [2.75, 3.05) is 6.54 Å². The number of hydrogen-bond acceptors (Lipinski definition) is 5. The van der Waals surface area contributed by atoms with Crippen molar-refractivity contribution in [1.29, 1.82) is 0 Å². The molecule has 7 rings (SSSR count). The maximum Gasteiger partial charge on any atom is 0.137 e. The van der Waals surface area contributed by atoms with E-state index in [1.807, 2.05) is 23.3 Å². The van der Waals surface area contributed by atoms with Crippen molar-refractivity contribution >= 4 is 16.6 Å². The minimum absolute atomic E-state index is 0.556. The average Bonchev–Trinajstić information content (AvgIpc) is 3.66. The lowest BCUT2D eigenvalue weighted by Crippen LogP contribution is -2.26. The minimum atomic E-state index is 0.556. The Labute approximate surface area is 214 Å². The van der Waals surface area contributed by atoms with E-state index in [9.17, 15) is 0 Å². The number of aromatic nitrogens is 8. The number of nitrogens with one attached hydrogen (secondary N) is 1. The molecule has 0 aliphatic heterocycles. The number of rotatable bonds is 8. The van der Waals surface area contributed by atoms with E-state index in [1.165, 1.54) is 35.7 Å². The van der Waals surface area contributed by atoms with Gasteiger partial charge in [0.05, 0.1) is 35.8 Å². The molecule has 0 bridgehead atoms. The SMILES string of the molecule is Cn1ccc2cn(-c3cncc(-c4cn(Cc5cn6cc(CNCC7CCC7)ccc6n5)nn4)c3)cc21. The summed E-state index contributed by atoms with van der Waals surface area (Å²) in [6.07, 6.45) is 20.3. The van der Waals surface area contributed by atoms with Crippen LogP contribution in [0.4, 0.5) is 0 Å². The van der Waals surface area contributed by atoms with E-state index in [0.717, 1.165) is 47.3 Å². The Kier molecular flexibility index (Phi) is 5.35. The first-order chi connectivity index (χ1) is 18.2. The van der Waals surface area contributed by atoms with Crippen molar-refractivity contribution in [2.45, 2.75) is 32.4 Å². The van der Waals surface area contributed by atoms with E-state index in [2.05, 4.69) is 96.4 Å². The topological polar surface area (TPSA) is 82.8 Å². The Hall–Kier alpha value is -4.24. The molecule has 1 aliphatic rings. The van der Waals surface area contributed by atoms with Gasteiger partial charge in [-0.1, -0.05) is 17.7 Å². The highest BCUT2D eigenvalue weighted by molar-refractivity contribution is 5.80. The summed E-state index contributed by atoms with van der Waals surface area (Å²) in [7, 11) is 2.05. The van der Waals surface area contributed by atoms with Crippen molar-refractivity contribution in [2.24, 2.45) is 13.0 Å². The number of nitrogens with zero attached hydrogens (tertiary/aromatic N) is 8. The Morgan fingerprint density at radius 2 is 1.97 bits per heavy atom. The zero-order chi connectivity index (χ0) is 24.8. The van der Waals surface area contributed by atoms with Gasteiger partial charge in [-0.3, -0.25) is 4.98 Å². The van der Waals surface area contributed by atoms with Crippen LogP contribution in [0.15, 0.2) is 73.8 Å².